The van der Waals surface area contributed by atoms with Crippen molar-refractivity contribution in [2.75, 3.05) is 18.8 Å². The zero-order valence-corrected chi connectivity index (χ0v) is 21.6. The van der Waals surface area contributed by atoms with Gasteiger partial charge in [0, 0.05) is 28.6 Å². The van der Waals surface area contributed by atoms with Gasteiger partial charge in [0.05, 0.1) is 19.3 Å². The van der Waals surface area contributed by atoms with Gasteiger partial charge >= 0.3 is 7.55 Å². The Morgan fingerprint density at radius 1 is 0.895 bits per heavy atom. The van der Waals surface area contributed by atoms with Crippen molar-refractivity contribution in [1.29, 1.82) is 0 Å². The zero-order valence-electron chi connectivity index (χ0n) is 21.6. The van der Waals surface area contributed by atoms with Gasteiger partial charge in [-0.15, -0.1) is 5.10 Å². The number of aromatic nitrogens is 4. The van der Waals surface area contributed by atoms with Gasteiger partial charge in [-0.25, -0.2) is 4.68 Å². The molecule has 8 heteroatoms. The number of nitrogens with zero attached hydrogens (tertiary/aromatic N) is 6. The number of nitrogens with two attached hydrogens (primary N) is 1. The van der Waals surface area contributed by atoms with Crippen LogP contribution >= 0.6 is 0 Å². The highest BCUT2D eigenvalue weighted by atomic mass is 15.5. The second-order valence-corrected chi connectivity index (χ2v) is 10.2. The molecule has 0 amide bonds. The van der Waals surface area contributed by atoms with Gasteiger partial charge in [-0.05, 0) is 67.2 Å². The predicted molar refractivity (Wildman–Crippen MR) is 152 cm³/mol. The Morgan fingerprint density at radius 2 is 1.66 bits per heavy atom. The Balaban J connectivity index is 1.33. The molecule has 7 nitrogen and oxygen atoms in total. The van der Waals surface area contributed by atoms with Crippen LogP contribution < -0.4 is 5.73 Å². The van der Waals surface area contributed by atoms with Crippen molar-refractivity contribution < 1.29 is 4.58 Å². The molecule has 1 radical (unpaired) electrons. The standard InChI is InChI=1S/C30H29BN7/c1-2-21-6-8-22(9-7-21)25-20-36(34-33-25)29-17-15-27-30(23-10-12-24(32)13-11-23)26-14-16-28(37(26)31-38(27)29)35-18-4-3-5-19-35/h6-17,20,32H,2-5,18-19H2,1H3/p+1. The van der Waals surface area contributed by atoms with E-state index in [9.17, 15) is 0 Å². The molecule has 7 rings (SSSR count). The minimum atomic E-state index is 0.763. The molecule has 0 unspecified atom stereocenters. The van der Waals surface area contributed by atoms with Gasteiger partial charge in [0.15, 0.2) is 0 Å². The summed E-state index contributed by atoms with van der Waals surface area (Å²) in [7, 11) is 2.20. The van der Waals surface area contributed by atoms with E-state index in [0.717, 1.165) is 53.5 Å². The monoisotopic (exact) mass is 499 g/mol. The predicted octanol–water partition coefficient (Wildman–Crippen LogP) is 4.50. The van der Waals surface area contributed by atoms with Crippen molar-refractivity contribution in [3.05, 3.63) is 102 Å². The highest BCUT2D eigenvalue weighted by Crippen LogP contribution is 2.37. The van der Waals surface area contributed by atoms with Crippen molar-refractivity contribution in [2.24, 2.45) is 0 Å². The lowest BCUT2D eigenvalue weighted by molar-refractivity contribution is -0.539. The van der Waals surface area contributed by atoms with Crippen LogP contribution in [-0.2, 0) is 6.42 Å². The van der Waals surface area contributed by atoms with E-state index in [0.29, 0.717) is 0 Å². The molecule has 38 heavy (non-hydrogen) atoms. The van der Waals surface area contributed by atoms with Gasteiger partial charge in [-0.1, -0.05) is 48.5 Å². The summed E-state index contributed by atoms with van der Waals surface area (Å²) in [6, 6.07) is 21.0. The second-order valence-electron chi connectivity index (χ2n) is 10.2. The average Bonchev–Trinajstić information content (AvgIpc) is 3.71. The van der Waals surface area contributed by atoms with Crippen molar-refractivity contribution in [2.45, 2.75) is 32.6 Å². The smallest absolute Gasteiger partial charge is 0.399 e. The van der Waals surface area contributed by atoms with E-state index in [1.54, 1.807) is 0 Å². The van der Waals surface area contributed by atoms with Crippen LogP contribution in [0.15, 0.2) is 84.7 Å². The Morgan fingerprint density at radius 3 is 2.42 bits per heavy atom. The van der Waals surface area contributed by atoms with E-state index < -0.39 is 0 Å². The molecule has 0 spiro atoms. The van der Waals surface area contributed by atoms with Crippen molar-refractivity contribution in [3.63, 3.8) is 0 Å². The van der Waals surface area contributed by atoms with Gasteiger partial charge in [0.2, 0.25) is 0 Å². The fourth-order valence-electron chi connectivity index (χ4n) is 5.70. The molecule has 0 saturated carbocycles. The molecular formula is C30H30BN7+. The summed E-state index contributed by atoms with van der Waals surface area (Å²) >= 11 is 0. The third-order valence-corrected chi connectivity index (χ3v) is 7.80. The minimum Gasteiger partial charge on any atom is -0.399 e. The molecule has 4 aromatic rings. The maximum absolute atomic E-state index is 6.04. The first-order valence-electron chi connectivity index (χ1n) is 13.5. The molecule has 0 aliphatic carbocycles. The van der Waals surface area contributed by atoms with Crippen LogP contribution in [-0.4, -0.2) is 55.3 Å². The molecule has 1 fully saturated rings. The molecule has 1 saturated heterocycles. The van der Waals surface area contributed by atoms with E-state index in [1.807, 2.05) is 23.0 Å². The molecule has 2 aromatic heterocycles. The number of benzene rings is 2. The molecule has 0 bridgehead atoms. The van der Waals surface area contributed by atoms with Gasteiger partial charge in [0.1, 0.15) is 17.2 Å². The van der Waals surface area contributed by atoms with Crippen LogP contribution in [0.4, 0.5) is 5.69 Å². The number of hydrogen-bond acceptors (Lipinski definition) is 3. The summed E-state index contributed by atoms with van der Waals surface area (Å²) in [5.41, 5.74) is 14.7. The van der Waals surface area contributed by atoms with Crippen molar-refractivity contribution in [3.8, 4) is 17.1 Å². The molecular weight excluding hydrogens is 469 g/mol. The van der Waals surface area contributed by atoms with Crippen molar-refractivity contribution in [1.82, 2.24) is 24.3 Å². The number of anilines is 1. The number of amidine groups is 1. The van der Waals surface area contributed by atoms with Crippen LogP contribution in [0.25, 0.3) is 22.6 Å². The molecule has 187 valence electrons. The van der Waals surface area contributed by atoms with Crippen LogP contribution in [0.3, 0.4) is 0 Å². The second kappa shape index (κ2) is 9.21. The van der Waals surface area contributed by atoms with Crippen LogP contribution in [0.2, 0.25) is 0 Å². The number of piperidine rings is 1. The van der Waals surface area contributed by atoms with Crippen LogP contribution in [0.1, 0.15) is 43.0 Å². The first-order valence-corrected chi connectivity index (χ1v) is 13.5. The summed E-state index contributed by atoms with van der Waals surface area (Å²) in [5.74, 6) is 2.18. The molecule has 3 aliphatic heterocycles. The zero-order chi connectivity index (χ0) is 25.6. The highest BCUT2D eigenvalue weighted by Gasteiger charge is 2.40. The van der Waals surface area contributed by atoms with Crippen molar-refractivity contribution >= 4 is 24.6 Å². The van der Waals surface area contributed by atoms with Crippen LogP contribution in [0.5, 0.6) is 0 Å². The Bertz CT molecular complexity index is 1590. The fourth-order valence-corrected chi connectivity index (χ4v) is 5.70. The highest BCUT2D eigenvalue weighted by molar-refractivity contribution is 6.40. The first kappa shape index (κ1) is 22.8. The molecule has 2 N–H and O–H groups in total. The maximum atomic E-state index is 6.04. The molecule has 2 aromatic carbocycles. The molecule has 0 atom stereocenters. The number of hydrogen-bond donors (Lipinski definition) is 1. The average molecular weight is 499 g/mol. The summed E-state index contributed by atoms with van der Waals surface area (Å²) in [6.07, 6.45) is 11.3. The molecule has 5 heterocycles. The number of fused-ring (bicyclic) bond motifs is 2. The van der Waals surface area contributed by atoms with E-state index in [4.69, 9.17) is 5.73 Å². The number of aryl methyl sites for hydroxylation is 1. The van der Waals surface area contributed by atoms with E-state index in [1.165, 1.54) is 41.9 Å². The quantitative estimate of drug-likeness (QED) is 0.255. The minimum absolute atomic E-state index is 0.763. The maximum Gasteiger partial charge on any atom is 0.553 e. The number of nitrogen functional groups attached to an aromatic ring is 1. The lowest BCUT2D eigenvalue weighted by Gasteiger charge is -2.27. The van der Waals surface area contributed by atoms with E-state index in [-0.39, 0.29) is 0 Å². The number of allylic oxidation sites excluding steroid dienone is 1. The van der Waals surface area contributed by atoms with E-state index in [2.05, 4.69) is 99.3 Å². The van der Waals surface area contributed by atoms with E-state index >= 15 is 0 Å². The normalized spacial score (nSPS) is 16.6. The third kappa shape index (κ3) is 3.79. The SMILES string of the molecule is CCc1ccc(-c2cn(-c3ccc4n3[B]N3C(=C4c4ccc(N)cc4)C=CC3=[N+]3CCCCC3)nn2)cc1. The Hall–Kier alpha value is -4.33. The fraction of sp³-hybridized carbons (Fsp3) is 0.233. The Kier molecular flexibility index (Phi) is 5.53. The van der Waals surface area contributed by atoms with Gasteiger partial charge < -0.3 is 10.2 Å². The third-order valence-electron chi connectivity index (χ3n) is 7.80. The van der Waals surface area contributed by atoms with Gasteiger partial charge in [-0.2, -0.15) is 0 Å². The summed E-state index contributed by atoms with van der Waals surface area (Å²) in [4.78, 5) is 2.33. The summed E-state index contributed by atoms with van der Waals surface area (Å²) < 4.78 is 6.61. The molecule has 3 aliphatic rings. The van der Waals surface area contributed by atoms with Crippen LogP contribution in [0, 0.1) is 0 Å². The number of rotatable bonds is 4. The topological polar surface area (TPSA) is 67.9 Å². The summed E-state index contributed by atoms with van der Waals surface area (Å²) in [6.45, 7) is 4.34. The van der Waals surface area contributed by atoms with Gasteiger partial charge in [-0.3, -0.25) is 9.39 Å². The summed E-state index contributed by atoms with van der Waals surface area (Å²) in [5, 5.41) is 9.04. The lowest BCUT2D eigenvalue weighted by Crippen LogP contribution is -2.43. The first-order chi connectivity index (χ1) is 18.7. The largest absolute Gasteiger partial charge is 0.553 e. The Labute approximate surface area is 223 Å². The van der Waals surface area contributed by atoms with Gasteiger partial charge in [0.25, 0.3) is 5.84 Å². The lowest BCUT2D eigenvalue weighted by atomic mass is 9.91.